The first kappa shape index (κ1) is 13.9. The number of methoxy groups -OCH3 is 1. The highest BCUT2D eigenvalue weighted by Crippen LogP contribution is 2.11. The average molecular weight is 241 g/mol. The average Bonchev–Trinajstić information content (AvgIpc) is 2.35. The third-order valence-corrected chi connectivity index (χ3v) is 2.32. The SMILES string of the molecule is CCCNC(COC)COc1ccc(F)cc1. The molecule has 3 nitrogen and oxygen atoms in total. The second-order valence-corrected chi connectivity index (χ2v) is 3.87. The topological polar surface area (TPSA) is 30.5 Å². The summed E-state index contributed by atoms with van der Waals surface area (Å²) in [5.41, 5.74) is 0. The Morgan fingerprint density at radius 1 is 1.24 bits per heavy atom. The van der Waals surface area contributed by atoms with Crippen LogP contribution < -0.4 is 10.1 Å². The van der Waals surface area contributed by atoms with E-state index < -0.39 is 0 Å². The van der Waals surface area contributed by atoms with Gasteiger partial charge in [0, 0.05) is 7.11 Å². The lowest BCUT2D eigenvalue weighted by atomic mass is 10.3. The Hall–Kier alpha value is -1.13. The van der Waals surface area contributed by atoms with E-state index in [0.29, 0.717) is 19.0 Å². The number of nitrogens with one attached hydrogen (secondary N) is 1. The van der Waals surface area contributed by atoms with Gasteiger partial charge in [-0.15, -0.1) is 0 Å². The number of ether oxygens (including phenoxy) is 2. The number of halogens is 1. The predicted octanol–water partition coefficient (Wildman–Crippen LogP) is 2.22. The third kappa shape index (κ3) is 5.65. The van der Waals surface area contributed by atoms with E-state index in [9.17, 15) is 4.39 Å². The van der Waals surface area contributed by atoms with Gasteiger partial charge in [-0.25, -0.2) is 4.39 Å². The van der Waals surface area contributed by atoms with Crippen LogP contribution in [0, 0.1) is 5.82 Å². The first-order valence-electron chi connectivity index (χ1n) is 5.87. The molecular weight excluding hydrogens is 221 g/mol. The van der Waals surface area contributed by atoms with Crippen LogP contribution in [-0.2, 0) is 4.74 Å². The van der Waals surface area contributed by atoms with Crippen molar-refractivity contribution in [3.8, 4) is 5.75 Å². The molecule has 1 aromatic rings. The van der Waals surface area contributed by atoms with Crippen molar-refractivity contribution in [2.45, 2.75) is 19.4 Å². The maximum atomic E-state index is 12.7. The van der Waals surface area contributed by atoms with Crippen LogP contribution in [0.3, 0.4) is 0 Å². The highest BCUT2D eigenvalue weighted by atomic mass is 19.1. The normalized spacial score (nSPS) is 12.4. The van der Waals surface area contributed by atoms with Crippen LogP contribution in [0.5, 0.6) is 5.75 Å². The van der Waals surface area contributed by atoms with E-state index in [2.05, 4.69) is 12.2 Å². The first-order chi connectivity index (χ1) is 8.26. The monoisotopic (exact) mass is 241 g/mol. The van der Waals surface area contributed by atoms with E-state index in [0.717, 1.165) is 13.0 Å². The van der Waals surface area contributed by atoms with Crippen molar-refractivity contribution in [2.75, 3.05) is 26.9 Å². The quantitative estimate of drug-likeness (QED) is 0.757. The first-order valence-corrected chi connectivity index (χ1v) is 5.87. The van der Waals surface area contributed by atoms with Gasteiger partial charge in [-0.1, -0.05) is 6.92 Å². The molecule has 0 radical (unpaired) electrons. The van der Waals surface area contributed by atoms with Crippen molar-refractivity contribution in [2.24, 2.45) is 0 Å². The van der Waals surface area contributed by atoms with Crippen molar-refractivity contribution in [1.29, 1.82) is 0 Å². The molecule has 1 unspecified atom stereocenters. The smallest absolute Gasteiger partial charge is 0.123 e. The summed E-state index contributed by atoms with van der Waals surface area (Å²) < 4.78 is 23.4. The molecule has 0 bridgehead atoms. The molecule has 0 aliphatic heterocycles. The molecule has 0 aromatic heterocycles. The minimum atomic E-state index is -0.255. The Labute approximate surface area is 102 Å². The van der Waals surface area contributed by atoms with Gasteiger partial charge >= 0.3 is 0 Å². The molecule has 17 heavy (non-hydrogen) atoms. The van der Waals surface area contributed by atoms with Crippen molar-refractivity contribution in [1.82, 2.24) is 5.32 Å². The highest BCUT2D eigenvalue weighted by molar-refractivity contribution is 5.22. The van der Waals surface area contributed by atoms with E-state index in [1.807, 2.05) is 0 Å². The Bertz CT molecular complexity index is 303. The summed E-state index contributed by atoms with van der Waals surface area (Å²) in [5.74, 6) is 0.417. The lowest BCUT2D eigenvalue weighted by Gasteiger charge is -2.18. The summed E-state index contributed by atoms with van der Waals surface area (Å²) in [6.45, 7) is 4.15. The summed E-state index contributed by atoms with van der Waals surface area (Å²) in [6, 6.07) is 6.18. The molecule has 0 aliphatic rings. The molecule has 0 saturated heterocycles. The Morgan fingerprint density at radius 2 is 1.94 bits per heavy atom. The molecule has 0 fully saturated rings. The number of benzene rings is 1. The molecule has 1 N–H and O–H groups in total. The molecule has 1 atom stereocenters. The number of rotatable bonds is 8. The fourth-order valence-corrected chi connectivity index (χ4v) is 1.44. The van der Waals surface area contributed by atoms with Crippen molar-refractivity contribution >= 4 is 0 Å². The van der Waals surface area contributed by atoms with Gasteiger partial charge in [0.2, 0.25) is 0 Å². The molecule has 1 rings (SSSR count). The van der Waals surface area contributed by atoms with Gasteiger partial charge in [-0.2, -0.15) is 0 Å². The number of hydrogen-bond acceptors (Lipinski definition) is 3. The molecule has 0 heterocycles. The fourth-order valence-electron chi connectivity index (χ4n) is 1.44. The Morgan fingerprint density at radius 3 is 2.53 bits per heavy atom. The second kappa shape index (κ2) is 8.03. The number of hydrogen-bond donors (Lipinski definition) is 1. The van der Waals surface area contributed by atoms with Crippen LogP contribution in [0.15, 0.2) is 24.3 Å². The predicted molar refractivity (Wildman–Crippen MR) is 65.9 cm³/mol. The molecule has 4 heteroatoms. The molecule has 0 spiro atoms. The van der Waals surface area contributed by atoms with Crippen LogP contribution in [0.2, 0.25) is 0 Å². The standard InChI is InChI=1S/C13H20FNO2/c1-3-8-15-12(9-16-2)10-17-13-6-4-11(14)5-7-13/h4-7,12,15H,3,8-10H2,1-2H3. The zero-order valence-electron chi connectivity index (χ0n) is 10.4. The molecule has 0 saturated carbocycles. The van der Waals surface area contributed by atoms with E-state index in [4.69, 9.17) is 9.47 Å². The maximum absolute atomic E-state index is 12.7. The van der Waals surface area contributed by atoms with Gasteiger partial charge in [-0.05, 0) is 37.2 Å². The Kier molecular flexibility index (Phi) is 6.58. The summed E-state index contributed by atoms with van der Waals surface area (Å²) in [7, 11) is 1.67. The minimum absolute atomic E-state index is 0.157. The van der Waals surface area contributed by atoms with Crippen LogP contribution in [0.1, 0.15) is 13.3 Å². The van der Waals surface area contributed by atoms with E-state index >= 15 is 0 Å². The van der Waals surface area contributed by atoms with Crippen molar-refractivity contribution < 1.29 is 13.9 Å². The van der Waals surface area contributed by atoms with Crippen LogP contribution in [0.4, 0.5) is 4.39 Å². The van der Waals surface area contributed by atoms with Crippen LogP contribution in [-0.4, -0.2) is 32.9 Å². The molecule has 0 aliphatic carbocycles. The third-order valence-electron chi connectivity index (χ3n) is 2.32. The van der Waals surface area contributed by atoms with Crippen LogP contribution in [0.25, 0.3) is 0 Å². The molecule has 0 amide bonds. The maximum Gasteiger partial charge on any atom is 0.123 e. The van der Waals surface area contributed by atoms with Gasteiger partial charge in [0.1, 0.15) is 18.2 Å². The highest BCUT2D eigenvalue weighted by Gasteiger charge is 2.08. The van der Waals surface area contributed by atoms with E-state index in [1.54, 1.807) is 19.2 Å². The summed E-state index contributed by atoms with van der Waals surface area (Å²) in [6.07, 6.45) is 1.07. The lowest BCUT2D eigenvalue weighted by molar-refractivity contribution is 0.136. The van der Waals surface area contributed by atoms with E-state index in [1.165, 1.54) is 12.1 Å². The van der Waals surface area contributed by atoms with Gasteiger partial charge in [0.15, 0.2) is 0 Å². The zero-order valence-corrected chi connectivity index (χ0v) is 10.4. The zero-order chi connectivity index (χ0) is 12.5. The fraction of sp³-hybridized carbons (Fsp3) is 0.538. The van der Waals surface area contributed by atoms with Gasteiger partial charge in [-0.3, -0.25) is 0 Å². The van der Waals surface area contributed by atoms with E-state index in [-0.39, 0.29) is 11.9 Å². The molecule has 96 valence electrons. The lowest BCUT2D eigenvalue weighted by Crippen LogP contribution is -2.38. The van der Waals surface area contributed by atoms with Gasteiger partial charge in [0.05, 0.1) is 12.6 Å². The van der Waals surface area contributed by atoms with Crippen molar-refractivity contribution in [3.63, 3.8) is 0 Å². The summed E-state index contributed by atoms with van der Waals surface area (Å²) in [4.78, 5) is 0. The molecular formula is C13H20FNO2. The van der Waals surface area contributed by atoms with Crippen molar-refractivity contribution in [3.05, 3.63) is 30.1 Å². The largest absolute Gasteiger partial charge is 0.492 e. The second-order valence-electron chi connectivity index (χ2n) is 3.87. The van der Waals surface area contributed by atoms with Gasteiger partial charge in [0.25, 0.3) is 0 Å². The van der Waals surface area contributed by atoms with Crippen LogP contribution >= 0.6 is 0 Å². The molecule has 1 aromatic carbocycles. The Balaban J connectivity index is 2.37. The minimum Gasteiger partial charge on any atom is -0.492 e. The summed E-state index contributed by atoms with van der Waals surface area (Å²) >= 11 is 0. The summed E-state index contributed by atoms with van der Waals surface area (Å²) in [5, 5.41) is 3.33. The van der Waals surface area contributed by atoms with Gasteiger partial charge < -0.3 is 14.8 Å².